The van der Waals surface area contributed by atoms with Gasteiger partial charge in [-0.3, -0.25) is 14.4 Å². The quantitative estimate of drug-likeness (QED) is 0.261. The molecule has 0 N–H and O–H groups in total. The summed E-state index contributed by atoms with van der Waals surface area (Å²) >= 11 is 6.27. The van der Waals surface area contributed by atoms with Gasteiger partial charge in [-0.2, -0.15) is 0 Å². The molecule has 0 spiro atoms. The Bertz CT molecular complexity index is 1010. The molecule has 4 rings (SSSR count). The van der Waals surface area contributed by atoms with Crippen molar-refractivity contribution in [2.75, 3.05) is 0 Å². The standard InChI is InChI=1S/C13H12BrFO2.C12H12BrFO.CH4/c14-11-6-5-9(12(15)10(11)7-16)13(17)8-3-1-2-4-8;13-9-5-6-10(11(14)7-9)12(15)8-3-1-2-4-8;/h5-8H,1-4H2;5-8H,1-4H2;1H4. The lowest BCUT2D eigenvalue weighted by Crippen LogP contribution is -2.14. The second-order valence-electron chi connectivity index (χ2n) is 8.26. The van der Waals surface area contributed by atoms with E-state index in [4.69, 9.17) is 0 Å². The number of rotatable bonds is 5. The van der Waals surface area contributed by atoms with Crippen LogP contribution in [0.3, 0.4) is 0 Å². The van der Waals surface area contributed by atoms with E-state index < -0.39 is 11.6 Å². The highest BCUT2D eigenvalue weighted by atomic mass is 79.9. The van der Waals surface area contributed by atoms with Crippen LogP contribution in [0, 0.1) is 23.5 Å². The van der Waals surface area contributed by atoms with E-state index in [0.29, 0.717) is 15.2 Å². The summed E-state index contributed by atoms with van der Waals surface area (Å²) < 4.78 is 28.5. The van der Waals surface area contributed by atoms with Gasteiger partial charge in [0, 0.05) is 20.8 Å². The number of carbonyl (C=O) groups is 3. The van der Waals surface area contributed by atoms with E-state index in [0.717, 1.165) is 51.4 Å². The van der Waals surface area contributed by atoms with Gasteiger partial charge in [-0.1, -0.05) is 49.0 Å². The Kier molecular flexibility index (Phi) is 10.6. The molecule has 7 heteroatoms. The second-order valence-corrected chi connectivity index (χ2v) is 10.0. The third-order valence-electron chi connectivity index (χ3n) is 6.16. The van der Waals surface area contributed by atoms with Gasteiger partial charge >= 0.3 is 0 Å². The van der Waals surface area contributed by atoms with Crippen LogP contribution >= 0.6 is 31.9 Å². The molecule has 2 fully saturated rings. The first-order valence-electron chi connectivity index (χ1n) is 10.8. The summed E-state index contributed by atoms with van der Waals surface area (Å²) in [5.74, 6) is -1.36. The minimum Gasteiger partial charge on any atom is -0.298 e. The highest BCUT2D eigenvalue weighted by Crippen LogP contribution is 2.31. The van der Waals surface area contributed by atoms with Crippen molar-refractivity contribution in [3.05, 3.63) is 67.6 Å². The lowest BCUT2D eigenvalue weighted by Gasteiger charge is -2.10. The lowest BCUT2D eigenvalue weighted by molar-refractivity contribution is 0.0910. The monoisotopic (exact) mass is 584 g/mol. The van der Waals surface area contributed by atoms with Gasteiger partial charge in [0.2, 0.25) is 0 Å². The van der Waals surface area contributed by atoms with Gasteiger partial charge in [0.1, 0.15) is 11.6 Å². The Morgan fingerprint density at radius 1 is 0.818 bits per heavy atom. The zero-order chi connectivity index (χ0) is 23.3. The summed E-state index contributed by atoms with van der Waals surface area (Å²) in [6.07, 6.45) is 8.14. The molecule has 2 saturated carbocycles. The maximum absolute atomic E-state index is 14.0. The summed E-state index contributed by atoms with van der Waals surface area (Å²) in [6, 6.07) is 7.63. The predicted octanol–water partition coefficient (Wildman–Crippen LogP) is 8.37. The summed E-state index contributed by atoms with van der Waals surface area (Å²) in [4.78, 5) is 34.8. The van der Waals surface area contributed by atoms with Gasteiger partial charge in [0.15, 0.2) is 17.9 Å². The average molecular weight is 586 g/mol. The number of carbonyl (C=O) groups excluding carboxylic acids is 3. The summed E-state index contributed by atoms with van der Waals surface area (Å²) in [7, 11) is 0. The van der Waals surface area contributed by atoms with E-state index in [1.54, 1.807) is 18.2 Å². The molecule has 0 saturated heterocycles. The molecule has 33 heavy (non-hydrogen) atoms. The van der Waals surface area contributed by atoms with Crippen LogP contribution in [0.2, 0.25) is 0 Å². The first-order chi connectivity index (χ1) is 15.3. The van der Waals surface area contributed by atoms with Crippen LogP contribution in [-0.2, 0) is 0 Å². The van der Waals surface area contributed by atoms with Gasteiger partial charge < -0.3 is 0 Å². The number of ketones is 2. The Hall–Kier alpha value is -1.73. The minimum absolute atomic E-state index is 0. The fourth-order valence-electron chi connectivity index (χ4n) is 4.37. The molecular weight excluding hydrogens is 558 g/mol. The highest BCUT2D eigenvalue weighted by Gasteiger charge is 2.27. The third kappa shape index (κ3) is 6.66. The van der Waals surface area contributed by atoms with E-state index in [-0.39, 0.29) is 47.5 Å². The zero-order valence-electron chi connectivity index (χ0n) is 17.5. The van der Waals surface area contributed by atoms with Crippen LogP contribution < -0.4 is 0 Å². The van der Waals surface area contributed by atoms with Gasteiger partial charge in [0.05, 0.1) is 16.7 Å². The average Bonchev–Trinajstić information content (AvgIpc) is 3.48. The second kappa shape index (κ2) is 12.7. The van der Waals surface area contributed by atoms with Crippen molar-refractivity contribution in [3.8, 4) is 0 Å². The minimum atomic E-state index is -0.703. The Balaban J connectivity index is 0.000000228. The fourth-order valence-corrected chi connectivity index (χ4v) is 5.11. The molecule has 0 bridgehead atoms. The molecular formula is C26H28Br2F2O3. The zero-order valence-corrected chi connectivity index (χ0v) is 20.7. The molecule has 0 atom stereocenters. The molecule has 0 aliphatic heterocycles. The number of hydrogen-bond donors (Lipinski definition) is 0. The van der Waals surface area contributed by atoms with E-state index >= 15 is 0 Å². The van der Waals surface area contributed by atoms with Crippen molar-refractivity contribution in [1.82, 2.24) is 0 Å². The highest BCUT2D eigenvalue weighted by molar-refractivity contribution is 9.10. The van der Waals surface area contributed by atoms with Crippen LogP contribution in [0.15, 0.2) is 39.3 Å². The van der Waals surface area contributed by atoms with E-state index in [2.05, 4.69) is 31.9 Å². The molecule has 0 amide bonds. The number of hydrogen-bond acceptors (Lipinski definition) is 3. The normalized spacial score (nSPS) is 16.0. The van der Waals surface area contributed by atoms with Crippen molar-refractivity contribution < 1.29 is 23.2 Å². The number of benzene rings is 2. The molecule has 0 unspecified atom stereocenters. The molecule has 0 radical (unpaired) electrons. The first kappa shape index (κ1) is 27.5. The van der Waals surface area contributed by atoms with Gasteiger partial charge in [-0.05, 0) is 71.9 Å². The van der Waals surface area contributed by atoms with Crippen molar-refractivity contribution >= 4 is 49.7 Å². The van der Waals surface area contributed by atoms with Crippen molar-refractivity contribution in [1.29, 1.82) is 0 Å². The number of halogens is 4. The van der Waals surface area contributed by atoms with Crippen LogP contribution in [0.1, 0.15) is 89.9 Å². The summed E-state index contributed by atoms with van der Waals surface area (Å²) in [6.45, 7) is 0. The van der Waals surface area contributed by atoms with Crippen LogP contribution in [-0.4, -0.2) is 17.9 Å². The van der Waals surface area contributed by atoms with E-state index in [1.807, 2.05) is 0 Å². The maximum atomic E-state index is 14.0. The first-order valence-corrected chi connectivity index (χ1v) is 12.4. The van der Waals surface area contributed by atoms with E-state index in [1.165, 1.54) is 12.1 Å². The summed E-state index contributed by atoms with van der Waals surface area (Å²) in [5, 5.41) is 0. The Morgan fingerprint density at radius 3 is 1.79 bits per heavy atom. The van der Waals surface area contributed by atoms with E-state index in [9.17, 15) is 23.2 Å². The smallest absolute Gasteiger partial charge is 0.168 e. The largest absolute Gasteiger partial charge is 0.298 e. The van der Waals surface area contributed by atoms with Gasteiger partial charge in [-0.25, -0.2) is 8.78 Å². The number of Topliss-reactive ketones (excluding diaryl/α,β-unsaturated/α-hetero) is 2. The van der Waals surface area contributed by atoms with Crippen molar-refractivity contribution in [3.63, 3.8) is 0 Å². The fraction of sp³-hybridized carbons (Fsp3) is 0.423. The maximum Gasteiger partial charge on any atom is 0.168 e. The number of aldehydes is 1. The third-order valence-corrected chi connectivity index (χ3v) is 7.34. The van der Waals surface area contributed by atoms with Crippen LogP contribution in [0.5, 0.6) is 0 Å². The molecule has 0 aromatic heterocycles. The molecule has 178 valence electrons. The topological polar surface area (TPSA) is 51.2 Å². The van der Waals surface area contributed by atoms with Gasteiger partial charge in [-0.15, -0.1) is 0 Å². The van der Waals surface area contributed by atoms with Gasteiger partial charge in [0.25, 0.3) is 0 Å². The Labute approximate surface area is 210 Å². The molecule has 2 aliphatic rings. The SMILES string of the molecule is C.O=C(c1ccc(Br)cc1F)C1CCCC1.O=Cc1c(Br)ccc(C(=O)C2CCCC2)c1F. The van der Waals surface area contributed by atoms with Crippen molar-refractivity contribution in [2.24, 2.45) is 11.8 Å². The summed E-state index contributed by atoms with van der Waals surface area (Å²) in [5.41, 5.74) is 0.209. The molecule has 3 nitrogen and oxygen atoms in total. The van der Waals surface area contributed by atoms with Crippen molar-refractivity contribution in [2.45, 2.75) is 58.8 Å². The van der Waals surface area contributed by atoms with Crippen LogP contribution in [0.25, 0.3) is 0 Å². The Morgan fingerprint density at radius 2 is 1.30 bits per heavy atom. The molecule has 0 heterocycles. The van der Waals surface area contributed by atoms with Crippen LogP contribution in [0.4, 0.5) is 8.78 Å². The predicted molar refractivity (Wildman–Crippen MR) is 133 cm³/mol. The molecule has 2 aliphatic carbocycles. The molecule has 2 aromatic rings. The lowest BCUT2D eigenvalue weighted by atomic mass is 9.95. The molecule has 2 aromatic carbocycles.